The van der Waals surface area contributed by atoms with E-state index < -0.39 is 12.6 Å². The van der Waals surface area contributed by atoms with Crippen LogP contribution in [0.2, 0.25) is 5.02 Å². The second kappa shape index (κ2) is 10.9. The van der Waals surface area contributed by atoms with Gasteiger partial charge in [-0.2, -0.15) is 5.26 Å². The zero-order chi connectivity index (χ0) is 25.7. The molecule has 4 rings (SSSR count). The molecule has 12 heteroatoms. The van der Waals surface area contributed by atoms with Crippen LogP contribution in [0.5, 0.6) is 11.5 Å². The van der Waals surface area contributed by atoms with Crippen molar-refractivity contribution in [2.45, 2.75) is 20.1 Å². The number of carbonyl (C=O) groups excluding carboxylic acids is 1. The molecule has 0 spiro atoms. The minimum atomic E-state index is -0.830. The lowest BCUT2D eigenvalue weighted by atomic mass is 10.0. The molecule has 0 aliphatic carbocycles. The Labute approximate surface area is 210 Å². The van der Waals surface area contributed by atoms with E-state index in [9.17, 15) is 14.4 Å². The topological polar surface area (TPSA) is 141 Å². The van der Waals surface area contributed by atoms with Gasteiger partial charge in [-0.05, 0) is 37.3 Å². The largest absolute Gasteiger partial charge is 0.494 e. The van der Waals surface area contributed by atoms with Crippen LogP contribution in [0.25, 0.3) is 10.9 Å². The number of ether oxygens (including phenoxy) is 2. The van der Waals surface area contributed by atoms with Crippen LogP contribution in [0.3, 0.4) is 0 Å². The Hall–Kier alpha value is -4.43. The maximum absolute atomic E-state index is 12.4. The molecule has 0 aliphatic rings. The van der Waals surface area contributed by atoms with Crippen molar-refractivity contribution in [2.75, 3.05) is 18.6 Å². The predicted molar refractivity (Wildman–Crippen MR) is 131 cm³/mol. The van der Waals surface area contributed by atoms with E-state index in [4.69, 9.17) is 26.8 Å². The highest BCUT2D eigenvalue weighted by molar-refractivity contribution is 6.32. The Kier molecular flexibility index (Phi) is 7.46. The maximum atomic E-state index is 12.4. The van der Waals surface area contributed by atoms with E-state index in [-0.39, 0.29) is 24.4 Å². The van der Waals surface area contributed by atoms with Crippen molar-refractivity contribution in [1.29, 1.82) is 5.26 Å². The standard InChI is InChI=1S/C24H21ClFN7O3/c1-2-35-16-4-5-17-20(10-16)30-23(24(28)34)18(11-27)22(17)29-14-3-6-21(19(25)9-14)36-13-15-12-33(8-7-26)32-31-15/h3-6,9-10,12H,2,7-8,13H2,1H3,(H2,28,34)(H,29,30). The van der Waals surface area contributed by atoms with Crippen LogP contribution in [0.1, 0.15) is 28.7 Å². The Bertz CT molecular complexity index is 1470. The number of aryl methyl sites for hydroxylation is 1. The number of anilines is 2. The SMILES string of the molecule is CCOc1ccc2c(Nc3ccc(OCc4cn(CCF)nn4)c(Cl)c3)c(C#N)c(C(N)=O)nc2c1. The number of aromatic nitrogens is 4. The van der Waals surface area contributed by atoms with Gasteiger partial charge in [0, 0.05) is 17.1 Å². The van der Waals surface area contributed by atoms with Crippen LogP contribution in [-0.4, -0.2) is 39.2 Å². The summed E-state index contributed by atoms with van der Waals surface area (Å²) in [5, 5.41) is 21.6. The zero-order valence-corrected chi connectivity index (χ0v) is 19.9. The summed E-state index contributed by atoms with van der Waals surface area (Å²) in [6.45, 7) is 1.98. The summed E-state index contributed by atoms with van der Waals surface area (Å²) in [5.41, 5.74) is 7.20. The molecule has 2 heterocycles. The van der Waals surface area contributed by atoms with Gasteiger partial charge in [0.15, 0.2) is 0 Å². The summed E-state index contributed by atoms with van der Waals surface area (Å²) in [6.07, 6.45) is 1.59. The first kappa shape index (κ1) is 24.7. The molecule has 2 aromatic heterocycles. The Morgan fingerprint density at radius 2 is 2.11 bits per heavy atom. The third-order valence-corrected chi connectivity index (χ3v) is 5.39. The van der Waals surface area contributed by atoms with Crippen molar-refractivity contribution >= 4 is 39.8 Å². The number of primary amides is 1. The van der Waals surface area contributed by atoms with Gasteiger partial charge in [0.1, 0.15) is 47.8 Å². The monoisotopic (exact) mass is 509 g/mol. The highest BCUT2D eigenvalue weighted by Gasteiger charge is 2.20. The van der Waals surface area contributed by atoms with Crippen molar-refractivity contribution in [1.82, 2.24) is 20.0 Å². The number of pyridine rings is 1. The first-order valence-corrected chi connectivity index (χ1v) is 11.3. The average molecular weight is 510 g/mol. The molecule has 4 aromatic rings. The summed E-state index contributed by atoms with van der Waals surface area (Å²) in [4.78, 5) is 16.3. The molecule has 0 unspecified atom stereocenters. The van der Waals surface area contributed by atoms with Crippen LogP contribution >= 0.6 is 11.6 Å². The van der Waals surface area contributed by atoms with Crippen LogP contribution in [-0.2, 0) is 13.2 Å². The number of nitrogens with two attached hydrogens (primary N) is 1. The summed E-state index contributed by atoms with van der Waals surface area (Å²) in [7, 11) is 0. The Morgan fingerprint density at radius 3 is 2.81 bits per heavy atom. The number of halogens is 2. The molecular weight excluding hydrogens is 489 g/mol. The van der Waals surface area contributed by atoms with Gasteiger partial charge in [0.25, 0.3) is 5.91 Å². The highest BCUT2D eigenvalue weighted by atomic mass is 35.5. The molecule has 36 heavy (non-hydrogen) atoms. The fourth-order valence-corrected chi connectivity index (χ4v) is 3.75. The van der Waals surface area contributed by atoms with Crippen molar-refractivity contribution in [3.8, 4) is 17.6 Å². The smallest absolute Gasteiger partial charge is 0.268 e. The summed E-state index contributed by atoms with van der Waals surface area (Å²) < 4.78 is 25.1. The molecule has 0 fully saturated rings. The molecule has 0 aliphatic heterocycles. The molecule has 1 amide bonds. The van der Waals surface area contributed by atoms with E-state index >= 15 is 0 Å². The van der Waals surface area contributed by atoms with Crippen molar-refractivity contribution in [2.24, 2.45) is 5.73 Å². The van der Waals surface area contributed by atoms with Crippen LogP contribution in [0, 0.1) is 11.3 Å². The lowest BCUT2D eigenvalue weighted by Gasteiger charge is -2.15. The summed E-state index contributed by atoms with van der Waals surface area (Å²) in [5.74, 6) is 0.128. The number of hydrogen-bond donors (Lipinski definition) is 2. The highest BCUT2D eigenvalue weighted by Crippen LogP contribution is 2.35. The van der Waals surface area contributed by atoms with Gasteiger partial charge in [-0.25, -0.2) is 14.1 Å². The lowest BCUT2D eigenvalue weighted by Crippen LogP contribution is -2.16. The fourth-order valence-electron chi connectivity index (χ4n) is 3.51. The number of fused-ring (bicyclic) bond motifs is 1. The quantitative estimate of drug-likeness (QED) is 0.325. The van der Waals surface area contributed by atoms with Crippen LogP contribution in [0.4, 0.5) is 15.8 Å². The van der Waals surface area contributed by atoms with Gasteiger partial charge in [0.2, 0.25) is 0 Å². The molecule has 0 saturated heterocycles. The first-order chi connectivity index (χ1) is 17.4. The second-order valence-electron chi connectivity index (χ2n) is 7.52. The number of amides is 1. The van der Waals surface area contributed by atoms with Crippen molar-refractivity contribution in [3.05, 3.63) is 64.6 Å². The molecule has 10 nitrogen and oxygen atoms in total. The number of nitriles is 1. The molecule has 0 atom stereocenters. The molecule has 2 aromatic carbocycles. The van der Waals surface area contributed by atoms with E-state index in [0.29, 0.717) is 51.1 Å². The average Bonchev–Trinajstić information content (AvgIpc) is 3.31. The molecule has 0 saturated carbocycles. The summed E-state index contributed by atoms with van der Waals surface area (Å²) in [6, 6.07) is 12.1. The third-order valence-electron chi connectivity index (χ3n) is 5.09. The number of alkyl halides is 1. The minimum Gasteiger partial charge on any atom is -0.494 e. The first-order valence-electron chi connectivity index (χ1n) is 10.9. The van der Waals surface area contributed by atoms with E-state index in [0.717, 1.165) is 0 Å². The number of carbonyl (C=O) groups is 1. The second-order valence-corrected chi connectivity index (χ2v) is 7.93. The van der Waals surface area contributed by atoms with Gasteiger partial charge in [0.05, 0.1) is 35.6 Å². The van der Waals surface area contributed by atoms with Crippen molar-refractivity contribution in [3.63, 3.8) is 0 Å². The number of rotatable bonds is 10. The molecule has 3 N–H and O–H groups in total. The van der Waals surface area contributed by atoms with Gasteiger partial charge in [-0.3, -0.25) is 4.79 Å². The maximum Gasteiger partial charge on any atom is 0.268 e. The molecule has 0 bridgehead atoms. The molecule has 184 valence electrons. The van der Waals surface area contributed by atoms with E-state index in [2.05, 4.69) is 20.6 Å². The predicted octanol–water partition coefficient (Wildman–Crippen LogP) is 4.14. The van der Waals surface area contributed by atoms with Gasteiger partial charge < -0.3 is 20.5 Å². The molecular formula is C24H21ClFN7O3. The zero-order valence-electron chi connectivity index (χ0n) is 19.2. The number of benzene rings is 2. The van der Waals surface area contributed by atoms with Crippen LogP contribution < -0.4 is 20.5 Å². The Morgan fingerprint density at radius 1 is 1.28 bits per heavy atom. The normalized spacial score (nSPS) is 10.7. The third kappa shape index (κ3) is 5.29. The Balaban J connectivity index is 1.63. The van der Waals surface area contributed by atoms with Crippen LogP contribution in [0.15, 0.2) is 42.6 Å². The molecule has 0 radical (unpaired) electrons. The van der Waals surface area contributed by atoms with Crippen molar-refractivity contribution < 1.29 is 18.7 Å². The van der Waals surface area contributed by atoms with Gasteiger partial charge >= 0.3 is 0 Å². The van der Waals surface area contributed by atoms with Gasteiger partial charge in [-0.1, -0.05) is 16.8 Å². The number of nitrogens with one attached hydrogen (secondary N) is 1. The fraction of sp³-hybridized carbons (Fsp3) is 0.208. The number of nitrogens with zero attached hydrogens (tertiary/aromatic N) is 5. The minimum absolute atomic E-state index is 0.00646. The van der Waals surface area contributed by atoms with E-state index in [1.54, 1.807) is 42.6 Å². The van der Waals surface area contributed by atoms with Gasteiger partial charge in [-0.15, -0.1) is 5.10 Å². The summed E-state index contributed by atoms with van der Waals surface area (Å²) >= 11 is 6.42. The lowest BCUT2D eigenvalue weighted by molar-refractivity contribution is 0.0995. The number of hydrogen-bond acceptors (Lipinski definition) is 8. The van der Waals surface area contributed by atoms with E-state index in [1.807, 2.05) is 13.0 Å². The van der Waals surface area contributed by atoms with E-state index in [1.165, 1.54) is 4.68 Å².